The Bertz CT molecular complexity index is 977. The third kappa shape index (κ3) is 4.95. The third-order valence-electron chi connectivity index (χ3n) is 6.04. The van der Waals surface area contributed by atoms with Crippen LogP contribution in [0.25, 0.3) is 0 Å². The summed E-state index contributed by atoms with van der Waals surface area (Å²) in [7, 11) is 0. The average molecular weight is 447 g/mol. The molecule has 0 saturated carbocycles. The molecule has 0 amide bonds. The van der Waals surface area contributed by atoms with E-state index >= 15 is 0 Å². The summed E-state index contributed by atoms with van der Waals surface area (Å²) in [5, 5.41) is 2.50. The highest BCUT2D eigenvalue weighted by atomic mass is 32.4. The van der Waals surface area contributed by atoms with Crippen molar-refractivity contribution in [1.82, 2.24) is 9.57 Å². The van der Waals surface area contributed by atoms with Crippen LogP contribution in [0.5, 0.6) is 0 Å². The first-order chi connectivity index (χ1) is 15.2. The lowest BCUT2D eigenvalue weighted by atomic mass is 10.1. The van der Waals surface area contributed by atoms with E-state index in [2.05, 4.69) is 120 Å². The molecular formula is C27H31N2PS. The van der Waals surface area contributed by atoms with Crippen LogP contribution in [0, 0.1) is 0 Å². The molecule has 160 valence electrons. The maximum atomic E-state index is 6.49. The first-order valence-electron chi connectivity index (χ1n) is 11.2. The van der Waals surface area contributed by atoms with Gasteiger partial charge in [0.25, 0.3) is 0 Å². The smallest absolute Gasteiger partial charge is 0.102 e. The Morgan fingerprint density at radius 3 is 1.84 bits per heavy atom. The van der Waals surface area contributed by atoms with Crippen LogP contribution in [0.3, 0.4) is 0 Å². The molecule has 0 aromatic heterocycles. The van der Waals surface area contributed by atoms with Crippen molar-refractivity contribution < 1.29 is 0 Å². The quantitative estimate of drug-likeness (QED) is 0.299. The minimum atomic E-state index is -2.11. The van der Waals surface area contributed by atoms with E-state index in [-0.39, 0.29) is 6.17 Å². The summed E-state index contributed by atoms with van der Waals surface area (Å²) in [6.45, 7) is 3.36. The van der Waals surface area contributed by atoms with Crippen molar-refractivity contribution in [2.75, 3.05) is 6.54 Å². The standard InChI is InChI=1S/C27H31N2PS/c1-24-28(21-13-5-8-16-25-14-6-2-7-15-25)22-23-29(24)30(31,26-17-9-3-10-18-26)27-19-11-4-12-20-27/h2-4,6-7,9-12,14-15,17-20,22-24H,5,8,13,16,21H2,1H3. The molecule has 3 aromatic carbocycles. The Balaban J connectivity index is 1.41. The zero-order valence-electron chi connectivity index (χ0n) is 18.2. The molecule has 0 radical (unpaired) electrons. The van der Waals surface area contributed by atoms with E-state index in [0.29, 0.717) is 0 Å². The molecule has 0 N–H and O–H groups in total. The van der Waals surface area contributed by atoms with Crippen LogP contribution in [0.1, 0.15) is 31.7 Å². The molecule has 0 fully saturated rings. The molecule has 4 heteroatoms. The summed E-state index contributed by atoms with van der Waals surface area (Å²) >= 11 is 6.49. The number of rotatable bonds is 9. The Morgan fingerprint density at radius 1 is 0.710 bits per heavy atom. The molecule has 2 nitrogen and oxygen atoms in total. The predicted octanol–water partition coefficient (Wildman–Crippen LogP) is 5.88. The van der Waals surface area contributed by atoms with Crippen molar-refractivity contribution in [2.45, 2.75) is 38.8 Å². The van der Waals surface area contributed by atoms with E-state index in [1.807, 2.05) is 0 Å². The molecule has 3 aromatic rings. The second kappa shape index (κ2) is 10.3. The van der Waals surface area contributed by atoms with Gasteiger partial charge >= 0.3 is 0 Å². The summed E-state index contributed by atoms with van der Waals surface area (Å²) in [4.78, 5) is 2.45. The largest absolute Gasteiger partial charge is 0.356 e. The average Bonchev–Trinajstić information content (AvgIpc) is 3.21. The minimum absolute atomic E-state index is 0.264. The summed E-state index contributed by atoms with van der Waals surface area (Å²) in [5.74, 6) is 0. The van der Waals surface area contributed by atoms with Gasteiger partial charge in [0.2, 0.25) is 0 Å². The second-order valence-corrected chi connectivity index (χ2v) is 12.3. The Labute approximate surface area is 192 Å². The van der Waals surface area contributed by atoms with Crippen LogP contribution in [-0.4, -0.2) is 22.3 Å². The molecular weight excluding hydrogens is 415 g/mol. The van der Waals surface area contributed by atoms with Gasteiger partial charge in [0.05, 0.1) is 6.19 Å². The van der Waals surface area contributed by atoms with Gasteiger partial charge < -0.3 is 9.57 Å². The van der Waals surface area contributed by atoms with Gasteiger partial charge in [0.1, 0.15) is 6.17 Å². The van der Waals surface area contributed by atoms with Crippen molar-refractivity contribution in [3.63, 3.8) is 0 Å². The Kier molecular flexibility index (Phi) is 7.27. The summed E-state index contributed by atoms with van der Waals surface area (Å²) in [6, 6.07) is 32.1. The van der Waals surface area contributed by atoms with Crippen LogP contribution in [0.4, 0.5) is 0 Å². The zero-order chi connectivity index (χ0) is 21.5. The van der Waals surface area contributed by atoms with Crippen LogP contribution >= 0.6 is 6.19 Å². The number of hydrogen-bond donors (Lipinski definition) is 0. The van der Waals surface area contributed by atoms with Gasteiger partial charge in [-0.2, -0.15) is 0 Å². The van der Waals surface area contributed by atoms with Crippen LogP contribution in [-0.2, 0) is 18.2 Å². The van der Waals surface area contributed by atoms with Gasteiger partial charge in [-0.15, -0.1) is 0 Å². The number of nitrogens with zero attached hydrogens (tertiary/aromatic N) is 2. The van der Waals surface area contributed by atoms with Gasteiger partial charge in [-0.3, -0.25) is 0 Å². The fraction of sp³-hybridized carbons (Fsp3) is 0.259. The summed E-state index contributed by atoms with van der Waals surface area (Å²) in [5.41, 5.74) is 1.44. The van der Waals surface area contributed by atoms with Crippen molar-refractivity contribution in [3.05, 3.63) is 109 Å². The molecule has 4 rings (SSSR count). The van der Waals surface area contributed by atoms with E-state index in [1.165, 1.54) is 41.9 Å². The second-order valence-electron chi connectivity index (χ2n) is 8.09. The molecule has 1 atom stereocenters. The van der Waals surface area contributed by atoms with Crippen molar-refractivity contribution in [1.29, 1.82) is 0 Å². The topological polar surface area (TPSA) is 6.48 Å². The predicted molar refractivity (Wildman–Crippen MR) is 138 cm³/mol. The number of benzene rings is 3. The lowest BCUT2D eigenvalue weighted by Gasteiger charge is -2.39. The Morgan fingerprint density at radius 2 is 1.26 bits per heavy atom. The molecule has 31 heavy (non-hydrogen) atoms. The zero-order valence-corrected chi connectivity index (χ0v) is 19.9. The van der Waals surface area contributed by atoms with Gasteiger partial charge in [-0.1, -0.05) is 109 Å². The highest BCUT2D eigenvalue weighted by Crippen LogP contribution is 2.51. The number of hydrogen-bond acceptors (Lipinski definition) is 2. The summed E-state index contributed by atoms with van der Waals surface area (Å²) < 4.78 is 2.44. The molecule has 1 aliphatic rings. The van der Waals surface area contributed by atoms with Crippen molar-refractivity contribution in [2.24, 2.45) is 0 Å². The first-order valence-corrected chi connectivity index (χ1v) is 13.9. The van der Waals surface area contributed by atoms with E-state index < -0.39 is 6.19 Å². The van der Waals surface area contributed by atoms with E-state index in [0.717, 1.165) is 6.54 Å². The van der Waals surface area contributed by atoms with E-state index in [9.17, 15) is 0 Å². The van der Waals surface area contributed by atoms with E-state index in [1.54, 1.807) is 0 Å². The molecule has 0 saturated heterocycles. The number of aryl methyl sites for hydroxylation is 1. The molecule has 1 heterocycles. The van der Waals surface area contributed by atoms with Crippen molar-refractivity contribution >= 4 is 28.6 Å². The molecule has 0 bridgehead atoms. The molecule has 1 unspecified atom stereocenters. The third-order valence-corrected chi connectivity index (χ3v) is 11.0. The highest BCUT2D eigenvalue weighted by Gasteiger charge is 2.35. The Hall–Kier alpha value is -2.35. The lowest BCUT2D eigenvalue weighted by Crippen LogP contribution is -2.39. The van der Waals surface area contributed by atoms with Gasteiger partial charge in [0, 0.05) is 29.6 Å². The number of unbranched alkanes of at least 4 members (excludes halogenated alkanes) is 2. The van der Waals surface area contributed by atoms with Gasteiger partial charge in [-0.05, 0) is 31.7 Å². The van der Waals surface area contributed by atoms with Crippen LogP contribution < -0.4 is 10.6 Å². The molecule has 1 aliphatic heterocycles. The lowest BCUT2D eigenvalue weighted by molar-refractivity contribution is 0.236. The van der Waals surface area contributed by atoms with Crippen molar-refractivity contribution in [3.8, 4) is 0 Å². The monoisotopic (exact) mass is 446 g/mol. The normalized spacial score (nSPS) is 16.1. The maximum absolute atomic E-state index is 6.49. The van der Waals surface area contributed by atoms with Crippen LogP contribution in [0.2, 0.25) is 0 Å². The van der Waals surface area contributed by atoms with E-state index in [4.69, 9.17) is 11.8 Å². The fourth-order valence-corrected chi connectivity index (χ4v) is 8.40. The maximum Gasteiger partial charge on any atom is 0.102 e. The SMILES string of the molecule is CC1N(CCCCCc2ccccc2)C=CN1P(=S)(c1ccccc1)c1ccccc1. The summed E-state index contributed by atoms with van der Waals surface area (Å²) in [6.07, 6.45) is 7.49. The van der Waals surface area contributed by atoms with Crippen LogP contribution in [0.15, 0.2) is 103 Å². The molecule has 0 aliphatic carbocycles. The fourth-order valence-electron chi connectivity index (χ4n) is 4.27. The highest BCUT2D eigenvalue weighted by molar-refractivity contribution is 8.20. The van der Waals surface area contributed by atoms with Gasteiger partial charge in [-0.25, -0.2) is 0 Å². The first kappa shape index (κ1) is 21.9. The molecule has 0 spiro atoms. The minimum Gasteiger partial charge on any atom is -0.356 e. The van der Waals surface area contributed by atoms with Gasteiger partial charge in [0.15, 0.2) is 0 Å².